The molecule has 0 saturated carbocycles. The lowest BCUT2D eigenvalue weighted by Gasteiger charge is -2.28. The third kappa shape index (κ3) is 3.20. The van der Waals surface area contributed by atoms with E-state index in [0.717, 1.165) is 12.1 Å². The maximum Gasteiger partial charge on any atom is 0.254 e. The highest BCUT2D eigenvalue weighted by Crippen LogP contribution is 2.19. The van der Waals surface area contributed by atoms with Gasteiger partial charge in [-0.15, -0.1) is 0 Å². The first-order valence-corrected chi connectivity index (χ1v) is 6.14. The number of hydrogen-bond acceptors (Lipinski definition) is 3. The minimum atomic E-state index is -0.890. The van der Waals surface area contributed by atoms with Crippen LogP contribution in [0.2, 0.25) is 0 Å². The van der Waals surface area contributed by atoms with E-state index in [1.807, 2.05) is 6.92 Å². The van der Waals surface area contributed by atoms with Crippen molar-refractivity contribution in [2.24, 2.45) is 0 Å². The number of amides is 1. The molecule has 1 aromatic rings. The van der Waals surface area contributed by atoms with Crippen molar-refractivity contribution in [1.29, 1.82) is 0 Å². The van der Waals surface area contributed by atoms with Crippen LogP contribution in [0.5, 0.6) is 0 Å². The summed E-state index contributed by atoms with van der Waals surface area (Å²) in [5.41, 5.74) is 4.57. The lowest BCUT2D eigenvalue weighted by Crippen LogP contribution is -2.41. The molecule has 1 aromatic carbocycles. The fourth-order valence-electron chi connectivity index (χ4n) is 2.17. The molecule has 0 aliphatic carbocycles. The van der Waals surface area contributed by atoms with Crippen molar-refractivity contribution < 1.29 is 18.3 Å². The van der Waals surface area contributed by atoms with E-state index < -0.39 is 17.5 Å². The second-order valence-corrected chi connectivity index (χ2v) is 4.73. The van der Waals surface area contributed by atoms with Gasteiger partial charge in [0.2, 0.25) is 0 Å². The molecule has 1 aliphatic heterocycles. The smallest absolute Gasteiger partial charge is 0.254 e. The molecule has 6 heteroatoms. The second kappa shape index (κ2) is 5.52. The Labute approximate surface area is 109 Å². The van der Waals surface area contributed by atoms with Crippen molar-refractivity contribution in [2.45, 2.75) is 31.9 Å². The summed E-state index contributed by atoms with van der Waals surface area (Å²) >= 11 is 0. The lowest BCUT2D eigenvalue weighted by molar-refractivity contribution is 0.0136. The summed E-state index contributed by atoms with van der Waals surface area (Å²) < 4.78 is 32.2. The van der Waals surface area contributed by atoms with Gasteiger partial charge in [-0.3, -0.25) is 4.79 Å². The van der Waals surface area contributed by atoms with E-state index in [-0.39, 0.29) is 23.4 Å². The second-order valence-electron chi connectivity index (χ2n) is 4.73. The molecule has 4 nitrogen and oxygen atoms in total. The summed E-state index contributed by atoms with van der Waals surface area (Å²) in [5, 5.41) is 2.68. The van der Waals surface area contributed by atoms with Gasteiger partial charge in [0.05, 0.1) is 17.4 Å². The standard InChI is InChI=1S/C13H16F2N2O2/c1-7-4-9(2-3-19-7)17-13(18)10-5-8(14)6-11(16)12(10)15/h5-7,9H,2-4,16H2,1H3,(H,17,18). The lowest BCUT2D eigenvalue weighted by atomic mass is 10.0. The third-order valence-corrected chi connectivity index (χ3v) is 3.13. The van der Waals surface area contributed by atoms with Crippen LogP contribution in [0.25, 0.3) is 0 Å². The van der Waals surface area contributed by atoms with Crippen LogP contribution in [0, 0.1) is 11.6 Å². The number of rotatable bonds is 2. The first-order valence-electron chi connectivity index (χ1n) is 6.14. The van der Waals surface area contributed by atoms with Crippen LogP contribution in [0.3, 0.4) is 0 Å². The Kier molecular flexibility index (Phi) is 3.99. The fourth-order valence-corrected chi connectivity index (χ4v) is 2.17. The van der Waals surface area contributed by atoms with E-state index in [0.29, 0.717) is 19.4 Å². The maximum atomic E-state index is 13.7. The van der Waals surface area contributed by atoms with E-state index in [9.17, 15) is 13.6 Å². The molecule has 1 aliphatic rings. The number of halogens is 2. The van der Waals surface area contributed by atoms with Crippen LogP contribution in [-0.4, -0.2) is 24.7 Å². The quantitative estimate of drug-likeness (QED) is 0.806. The number of hydrogen-bond donors (Lipinski definition) is 2. The van der Waals surface area contributed by atoms with Crippen molar-refractivity contribution in [2.75, 3.05) is 12.3 Å². The molecule has 2 atom stereocenters. The Morgan fingerprint density at radius 3 is 2.89 bits per heavy atom. The van der Waals surface area contributed by atoms with Gasteiger partial charge < -0.3 is 15.8 Å². The summed E-state index contributed by atoms with van der Waals surface area (Å²) in [6, 6.07) is 1.60. The molecule has 0 bridgehead atoms. The van der Waals surface area contributed by atoms with Crippen molar-refractivity contribution in [3.8, 4) is 0 Å². The first kappa shape index (κ1) is 13.7. The van der Waals surface area contributed by atoms with Gasteiger partial charge in [-0.25, -0.2) is 8.78 Å². The van der Waals surface area contributed by atoms with Gasteiger partial charge >= 0.3 is 0 Å². The Hall–Kier alpha value is -1.69. The molecule has 0 spiro atoms. The van der Waals surface area contributed by atoms with Crippen molar-refractivity contribution in [3.05, 3.63) is 29.3 Å². The van der Waals surface area contributed by atoms with Crippen LogP contribution in [0.1, 0.15) is 30.1 Å². The molecule has 2 rings (SSSR count). The largest absolute Gasteiger partial charge is 0.396 e. The van der Waals surface area contributed by atoms with Crippen LogP contribution in [-0.2, 0) is 4.74 Å². The van der Waals surface area contributed by atoms with E-state index in [1.54, 1.807) is 0 Å². The molecule has 1 amide bonds. The number of benzene rings is 1. The van der Waals surface area contributed by atoms with Gasteiger partial charge in [-0.2, -0.15) is 0 Å². The van der Waals surface area contributed by atoms with Gasteiger partial charge in [0.15, 0.2) is 5.82 Å². The van der Waals surface area contributed by atoms with E-state index >= 15 is 0 Å². The molecule has 0 radical (unpaired) electrons. The molecule has 3 N–H and O–H groups in total. The Balaban J connectivity index is 2.11. The van der Waals surface area contributed by atoms with Crippen molar-refractivity contribution in [3.63, 3.8) is 0 Å². The minimum absolute atomic E-state index is 0.0430. The number of carbonyl (C=O) groups excluding carboxylic acids is 1. The zero-order chi connectivity index (χ0) is 14.0. The average molecular weight is 270 g/mol. The number of nitrogens with two attached hydrogens (primary N) is 1. The SMILES string of the molecule is CC1CC(NC(=O)c2cc(F)cc(N)c2F)CCO1. The van der Waals surface area contributed by atoms with E-state index in [2.05, 4.69) is 5.32 Å². The molecule has 1 fully saturated rings. The fraction of sp³-hybridized carbons (Fsp3) is 0.462. The first-order chi connectivity index (χ1) is 8.97. The van der Waals surface area contributed by atoms with Gasteiger partial charge in [0.25, 0.3) is 5.91 Å². The molecule has 104 valence electrons. The number of anilines is 1. The zero-order valence-electron chi connectivity index (χ0n) is 10.6. The van der Waals surface area contributed by atoms with Crippen LogP contribution < -0.4 is 11.1 Å². The highest BCUT2D eigenvalue weighted by Gasteiger charge is 2.23. The molecular formula is C13H16F2N2O2. The molecule has 1 heterocycles. The molecule has 1 saturated heterocycles. The Morgan fingerprint density at radius 1 is 1.47 bits per heavy atom. The Morgan fingerprint density at radius 2 is 2.21 bits per heavy atom. The zero-order valence-corrected chi connectivity index (χ0v) is 10.6. The van der Waals surface area contributed by atoms with Gasteiger partial charge in [-0.1, -0.05) is 0 Å². The van der Waals surface area contributed by atoms with Gasteiger partial charge in [-0.05, 0) is 31.9 Å². The maximum absolute atomic E-state index is 13.7. The highest BCUT2D eigenvalue weighted by molar-refractivity contribution is 5.95. The average Bonchev–Trinajstić information content (AvgIpc) is 2.33. The van der Waals surface area contributed by atoms with E-state index in [4.69, 9.17) is 10.5 Å². The summed E-state index contributed by atoms with van der Waals surface area (Å²) in [5.74, 6) is -2.27. The summed E-state index contributed by atoms with van der Waals surface area (Å²) in [6.45, 7) is 2.44. The normalized spacial score (nSPS) is 23.1. The van der Waals surface area contributed by atoms with Gasteiger partial charge in [0.1, 0.15) is 5.82 Å². The predicted octanol–water partition coefficient (Wildman–Crippen LogP) is 1.84. The Bertz CT molecular complexity index is 494. The number of ether oxygens (including phenoxy) is 1. The predicted molar refractivity (Wildman–Crippen MR) is 66.7 cm³/mol. The molecule has 2 unspecified atom stereocenters. The topological polar surface area (TPSA) is 64.4 Å². The summed E-state index contributed by atoms with van der Waals surface area (Å²) in [7, 11) is 0. The summed E-state index contributed by atoms with van der Waals surface area (Å²) in [4.78, 5) is 11.9. The summed E-state index contributed by atoms with van der Waals surface area (Å²) in [6.07, 6.45) is 1.35. The molecule has 0 aromatic heterocycles. The van der Waals surface area contributed by atoms with Crippen molar-refractivity contribution in [1.82, 2.24) is 5.32 Å². The highest BCUT2D eigenvalue weighted by atomic mass is 19.1. The van der Waals surface area contributed by atoms with E-state index in [1.165, 1.54) is 0 Å². The van der Waals surface area contributed by atoms with Crippen LogP contribution in [0.15, 0.2) is 12.1 Å². The molecule has 19 heavy (non-hydrogen) atoms. The molecular weight excluding hydrogens is 254 g/mol. The number of carbonyl (C=O) groups is 1. The third-order valence-electron chi connectivity index (χ3n) is 3.13. The van der Waals surface area contributed by atoms with Gasteiger partial charge in [0, 0.05) is 12.6 Å². The van der Waals surface area contributed by atoms with Crippen LogP contribution in [0.4, 0.5) is 14.5 Å². The van der Waals surface area contributed by atoms with Crippen molar-refractivity contribution >= 4 is 11.6 Å². The number of nitrogens with one attached hydrogen (secondary N) is 1. The minimum Gasteiger partial charge on any atom is -0.396 e. The monoisotopic (exact) mass is 270 g/mol. The number of nitrogen functional groups attached to an aromatic ring is 1. The van der Waals surface area contributed by atoms with Crippen LogP contribution >= 0.6 is 0 Å².